The van der Waals surface area contributed by atoms with E-state index in [1.807, 2.05) is 6.07 Å². The van der Waals surface area contributed by atoms with Gasteiger partial charge in [0, 0.05) is 24.0 Å². The summed E-state index contributed by atoms with van der Waals surface area (Å²) in [6.07, 6.45) is 3.26. The fourth-order valence-electron chi connectivity index (χ4n) is 3.24. The maximum atomic E-state index is 4.98. The Morgan fingerprint density at radius 2 is 1.75 bits per heavy atom. The van der Waals surface area contributed by atoms with Crippen LogP contribution in [-0.4, -0.2) is 35.0 Å². The number of nitrogens with zero attached hydrogens (tertiary/aromatic N) is 3. The van der Waals surface area contributed by atoms with Crippen molar-refractivity contribution in [3.63, 3.8) is 0 Å². The Bertz CT molecular complexity index is 927. The molecule has 3 nitrogen and oxygen atoms in total. The van der Waals surface area contributed by atoms with Crippen molar-refractivity contribution in [3.8, 4) is 11.3 Å². The van der Waals surface area contributed by atoms with Crippen molar-refractivity contribution in [3.05, 3.63) is 66.0 Å². The highest BCUT2D eigenvalue weighted by Crippen LogP contribution is 2.30. The number of fused-ring (bicyclic) bond motifs is 1. The number of aromatic nitrogens is 2. The van der Waals surface area contributed by atoms with Gasteiger partial charge < -0.3 is 4.90 Å². The molecule has 0 amide bonds. The van der Waals surface area contributed by atoms with Crippen LogP contribution in [-0.2, 0) is 0 Å². The number of benzene rings is 2. The molecule has 120 valence electrons. The fourth-order valence-corrected chi connectivity index (χ4v) is 3.24. The van der Waals surface area contributed by atoms with Gasteiger partial charge in [0.1, 0.15) is 0 Å². The second-order valence-electron chi connectivity index (χ2n) is 6.47. The molecule has 0 atom stereocenters. The van der Waals surface area contributed by atoms with Crippen molar-refractivity contribution < 1.29 is 0 Å². The third-order valence-corrected chi connectivity index (χ3v) is 4.70. The lowest BCUT2D eigenvalue weighted by Gasteiger charge is -2.21. The Labute approximate surface area is 142 Å². The molecule has 2 heterocycles. The van der Waals surface area contributed by atoms with E-state index in [2.05, 4.69) is 67.4 Å². The lowest BCUT2D eigenvalue weighted by Crippen LogP contribution is -2.24. The van der Waals surface area contributed by atoms with Crippen molar-refractivity contribution in [2.24, 2.45) is 0 Å². The Balaban J connectivity index is 1.94. The highest BCUT2D eigenvalue weighted by atomic mass is 15.1. The number of hydrogen-bond acceptors (Lipinski definition) is 3. The van der Waals surface area contributed by atoms with Crippen molar-refractivity contribution >= 4 is 16.5 Å². The SMILES string of the molecule is Cc1ccccc1-c1nc(C2=CCN(C)CC2)nc2ccccc12. The third-order valence-electron chi connectivity index (χ3n) is 4.70. The van der Waals surface area contributed by atoms with Crippen LogP contribution in [0.15, 0.2) is 54.6 Å². The molecule has 1 aromatic heterocycles. The van der Waals surface area contributed by atoms with E-state index in [0.717, 1.165) is 41.9 Å². The van der Waals surface area contributed by atoms with Gasteiger partial charge in [-0.15, -0.1) is 0 Å². The summed E-state index contributed by atoms with van der Waals surface area (Å²) in [6.45, 7) is 4.16. The van der Waals surface area contributed by atoms with Crippen LogP contribution in [0.2, 0.25) is 0 Å². The quantitative estimate of drug-likeness (QED) is 0.705. The van der Waals surface area contributed by atoms with Gasteiger partial charge in [-0.1, -0.05) is 48.5 Å². The standard InChI is InChI=1S/C21H21N3/c1-15-7-3-4-8-17(15)20-18-9-5-6-10-19(18)22-21(23-20)16-11-13-24(2)14-12-16/h3-11H,12-14H2,1-2H3. The van der Waals surface area contributed by atoms with Crippen LogP contribution >= 0.6 is 0 Å². The number of likely N-dealkylation sites (N-methyl/N-ethyl adjacent to an activating group) is 1. The molecular formula is C21H21N3. The van der Waals surface area contributed by atoms with Crippen LogP contribution in [0.3, 0.4) is 0 Å². The van der Waals surface area contributed by atoms with Gasteiger partial charge in [-0.3, -0.25) is 0 Å². The molecule has 4 rings (SSSR count). The maximum absolute atomic E-state index is 4.98. The van der Waals surface area contributed by atoms with Crippen molar-refractivity contribution in [1.82, 2.24) is 14.9 Å². The average molecular weight is 315 g/mol. The zero-order valence-electron chi connectivity index (χ0n) is 14.2. The summed E-state index contributed by atoms with van der Waals surface area (Å²) < 4.78 is 0. The second-order valence-corrected chi connectivity index (χ2v) is 6.47. The van der Waals surface area contributed by atoms with E-state index in [0.29, 0.717) is 0 Å². The first-order valence-corrected chi connectivity index (χ1v) is 8.43. The molecule has 0 unspecified atom stereocenters. The Hall–Kier alpha value is -2.52. The monoisotopic (exact) mass is 315 g/mol. The number of para-hydroxylation sites is 1. The topological polar surface area (TPSA) is 29.0 Å². The maximum Gasteiger partial charge on any atom is 0.156 e. The fraction of sp³-hybridized carbons (Fsp3) is 0.238. The lowest BCUT2D eigenvalue weighted by atomic mass is 10.0. The van der Waals surface area contributed by atoms with E-state index < -0.39 is 0 Å². The molecular weight excluding hydrogens is 294 g/mol. The van der Waals surface area contributed by atoms with E-state index in [-0.39, 0.29) is 0 Å². The third kappa shape index (κ3) is 2.72. The van der Waals surface area contributed by atoms with E-state index in [1.54, 1.807) is 0 Å². The van der Waals surface area contributed by atoms with Gasteiger partial charge >= 0.3 is 0 Å². The summed E-state index contributed by atoms with van der Waals surface area (Å²) in [6, 6.07) is 16.7. The normalized spacial score (nSPS) is 15.5. The molecule has 0 N–H and O–H groups in total. The second kappa shape index (κ2) is 6.17. The Kier molecular flexibility index (Phi) is 3.87. The number of rotatable bonds is 2. The van der Waals surface area contributed by atoms with E-state index in [4.69, 9.17) is 9.97 Å². The summed E-state index contributed by atoms with van der Waals surface area (Å²) in [5.74, 6) is 0.875. The van der Waals surface area contributed by atoms with Crippen LogP contribution in [0.25, 0.3) is 27.7 Å². The molecule has 1 aliphatic rings. The lowest BCUT2D eigenvalue weighted by molar-refractivity contribution is 0.369. The van der Waals surface area contributed by atoms with Crippen LogP contribution in [0.5, 0.6) is 0 Å². The zero-order chi connectivity index (χ0) is 16.5. The molecule has 0 radical (unpaired) electrons. The van der Waals surface area contributed by atoms with Crippen molar-refractivity contribution in [2.75, 3.05) is 20.1 Å². The van der Waals surface area contributed by atoms with Gasteiger partial charge in [-0.25, -0.2) is 9.97 Å². The minimum Gasteiger partial charge on any atom is -0.302 e. The van der Waals surface area contributed by atoms with Gasteiger partial charge in [0.15, 0.2) is 5.82 Å². The van der Waals surface area contributed by atoms with E-state index >= 15 is 0 Å². The minimum absolute atomic E-state index is 0.875. The predicted octanol–water partition coefficient (Wildman–Crippen LogP) is 4.32. The molecule has 2 aromatic carbocycles. The molecule has 0 aliphatic carbocycles. The molecule has 24 heavy (non-hydrogen) atoms. The van der Waals surface area contributed by atoms with Crippen LogP contribution in [0.1, 0.15) is 17.8 Å². The molecule has 0 saturated heterocycles. The molecule has 0 saturated carbocycles. The van der Waals surface area contributed by atoms with Gasteiger partial charge in [0.05, 0.1) is 11.2 Å². The first-order chi connectivity index (χ1) is 11.7. The first kappa shape index (κ1) is 15.0. The van der Waals surface area contributed by atoms with Crippen LogP contribution in [0.4, 0.5) is 0 Å². The Morgan fingerprint density at radius 1 is 0.958 bits per heavy atom. The van der Waals surface area contributed by atoms with Crippen LogP contribution in [0, 0.1) is 6.92 Å². The number of hydrogen-bond donors (Lipinski definition) is 0. The molecule has 1 aliphatic heterocycles. The summed E-state index contributed by atoms with van der Waals surface area (Å²) in [5.41, 5.74) is 5.73. The average Bonchev–Trinajstić information content (AvgIpc) is 2.62. The Morgan fingerprint density at radius 3 is 2.54 bits per heavy atom. The van der Waals surface area contributed by atoms with Crippen LogP contribution < -0.4 is 0 Å². The summed E-state index contributed by atoms with van der Waals surface area (Å²) in [5, 5.41) is 1.11. The smallest absolute Gasteiger partial charge is 0.156 e. The highest BCUT2D eigenvalue weighted by molar-refractivity contribution is 5.93. The summed E-state index contributed by atoms with van der Waals surface area (Å²) in [4.78, 5) is 12.1. The molecule has 3 aromatic rings. The van der Waals surface area contributed by atoms with Gasteiger partial charge in [0.25, 0.3) is 0 Å². The van der Waals surface area contributed by atoms with Crippen molar-refractivity contribution in [1.29, 1.82) is 0 Å². The zero-order valence-corrected chi connectivity index (χ0v) is 14.2. The first-order valence-electron chi connectivity index (χ1n) is 8.43. The predicted molar refractivity (Wildman–Crippen MR) is 99.8 cm³/mol. The molecule has 0 spiro atoms. The van der Waals surface area contributed by atoms with Gasteiger partial charge in [0.2, 0.25) is 0 Å². The van der Waals surface area contributed by atoms with Crippen molar-refractivity contribution in [2.45, 2.75) is 13.3 Å². The molecule has 0 bridgehead atoms. The number of aryl methyl sites for hydroxylation is 1. The van der Waals surface area contributed by atoms with E-state index in [1.165, 1.54) is 16.7 Å². The van der Waals surface area contributed by atoms with Gasteiger partial charge in [-0.05, 0) is 37.6 Å². The molecule has 3 heteroatoms. The molecule has 0 fully saturated rings. The van der Waals surface area contributed by atoms with Gasteiger partial charge in [-0.2, -0.15) is 0 Å². The summed E-state index contributed by atoms with van der Waals surface area (Å²) in [7, 11) is 2.15. The minimum atomic E-state index is 0.875. The highest BCUT2D eigenvalue weighted by Gasteiger charge is 2.16. The van der Waals surface area contributed by atoms with E-state index in [9.17, 15) is 0 Å². The largest absolute Gasteiger partial charge is 0.302 e. The summed E-state index contributed by atoms with van der Waals surface area (Å²) >= 11 is 0.